The molecular weight excluding hydrogens is 306 g/mol. The van der Waals surface area contributed by atoms with Crippen LogP contribution in [-0.4, -0.2) is 15.9 Å². The lowest BCUT2D eigenvalue weighted by atomic mass is 10.2. The fourth-order valence-electron chi connectivity index (χ4n) is 1.82. The molecule has 2 N–H and O–H groups in total. The number of hydrogen-bond acceptors (Lipinski definition) is 3. The van der Waals surface area contributed by atoms with Crippen molar-refractivity contribution in [1.82, 2.24) is 9.78 Å². The Hall–Kier alpha value is -1.49. The van der Waals surface area contributed by atoms with Gasteiger partial charge in [0, 0.05) is 0 Å². The van der Waals surface area contributed by atoms with E-state index in [1.54, 1.807) is 4.68 Å². The number of ether oxygens (including phenoxy) is 1. The summed E-state index contributed by atoms with van der Waals surface area (Å²) in [6, 6.07) is 8.00. The smallest absolute Gasteiger partial charge is 0.136 e. The largest absolute Gasteiger partial charge is 0.491 e. The zero-order valence-electron chi connectivity index (χ0n) is 11.4. The lowest BCUT2D eigenvalue weighted by molar-refractivity contribution is 0.242. The maximum atomic E-state index is 5.98. The molecule has 102 valence electrons. The number of aromatic nitrogens is 2. The molecule has 0 saturated carbocycles. The normalized spacial score (nSPS) is 11.0. The maximum Gasteiger partial charge on any atom is 0.136 e. The molecule has 1 heterocycles. The summed E-state index contributed by atoms with van der Waals surface area (Å²) in [4.78, 5) is 0. The van der Waals surface area contributed by atoms with Crippen LogP contribution in [0.15, 0.2) is 28.7 Å². The van der Waals surface area contributed by atoms with Crippen LogP contribution < -0.4 is 10.5 Å². The standard InChI is InChI=1S/C14H18BrN3O/c1-9(2)19-12-6-4-11(5-7-12)8-18-14(16)13(15)10(3)17-18/h4-7,9H,8,16H2,1-3H3. The number of nitrogen functional groups attached to an aromatic ring is 1. The van der Waals surface area contributed by atoms with Crippen molar-refractivity contribution >= 4 is 21.7 Å². The predicted molar refractivity (Wildman–Crippen MR) is 80.4 cm³/mol. The molecule has 4 nitrogen and oxygen atoms in total. The van der Waals surface area contributed by atoms with E-state index in [-0.39, 0.29) is 6.10 Å². The van der Waals surface area contributed by atoms with Crippen molar-refractivity contribution in [1.29, 1.82) is 0 Å². The van der Waals surface area contributed by atoms with Gasteiger partial charge in [0.15, 0.2) is 0 Å². The molecule has 2 aromatic rings. The lowest BCUT2D eigenvalue weighted by Gasteiger charge is -2.10. The highest BCUT2D eigenvalue weighted by Gasteiger charge is 2.09. The van der Waals surface area contributed by atoms with Gasteiger partial charge in [-0.15, -0.1) is 0 Å². The molecule has 0 radical (unpaired) electrons. The van der Waals surface area contributed by atoms with Gasteiger partial charge in [-0.05, 0) is 54.4 Å². The first-order chi connectivity index (χ1) is 8.97. The SMILES string of the molecule is Cc1nn(Cc2ccc(OC(C)C)cc2)c(N)c1Br. The zero-order chi connectivity index (χ0) is 14.0. The Labute approximate surface area is 121 Å². The van der Waals surface area contributed by atoms with Crippen molar-refractivity contribution in [2.24, 2.45) is 0 Å². The summed E-state index contributed by atoms with van der Waals surface area (Å²) >= 11 is 3.42. The van der Waals surface area contributed by atoms with Crippen molar-refractivity contribution in [2.75, 3.05) is 5.73 Å². The van der Waals surface area contributed by atoms with Gasteiger partial charge in [0.05, 0.1) is 22.8 Å². The molecule has 0 atom stereocenters. The summed E-state index contributed by atoms with van der Waals surface area (Å²) < 4.78 is 8.27. The topological polar surface area (TPSA) is 53.1 Å². The van der Waals surface area contributed by atoms with Crippen LogP contribution in [0.25, 0.3) is 0 Å². The quantitative estimate of drug-likeness (QED) is 0.938. The van der Waals surface area contributed by atoms with Gasteiger partial charge in [-0.1, -0.05) is 12.1 Å². The van der Waals surface area contributed by atoms with E-state index < -0.39 is 0 Å². The maximum absolute atomic E-state index is 5.98. The molecular formula is C14H18BrN3O. The number of rotatable bonds is 4. The number of hydrogen-bond donors (Lipinski definition) is 1. The van der Waals surface area contributed by atoms with Crippen LogP contribution >= 0.6 is 15.9 Å². The fourth-order valence-corrected chi connectivity index (χ4v) is 2.10. The van der Waals surface area contributed by atoms with Gasteiger partial charge in [-0.2, -0.15) is 5.10 Å². The first-order valence-corrected chi connectivity index (χ1v) is 7.00. The second-order valence-corrected chi connectivity index (χ2v) is 5.55. The van der Waals surface area contributed by atoms with E-state index in [0.29, 0.717) is 12.4 Å². The Morgan fingerprint density at radius 2 is 1.95 bits per heavy atom. The number of anilines is 1. The third kappa shape index (κ3) is 3.29. The molecule has 5 heteroatoms. The minimum atomic E-state index is 0.186. The van der Waals surface area contributed by atoms with E-state index in [9.17, 15) is 0 Å². The molecule has 0 unspecified atom stereocenters. The van der Waals surface area contributed by atoms with E-state index in [4.69, 9.17) is 10.5 Å². The molecule has 0 aliphatic carbocycles. The van der Waals surface area contributed by atoms with Crippen LogP contribution in [0.4, 0.5) is 5.82 Å². The van der Waals surface area contributed by atoms with E-state index >= 15 is 0 Å². The fraction of sp³-hybridized carbons (Fsp3) is 0.357. The van der Waals surface area contributed by atoms with Gasteiger partial charge in [0.25, 0.3) is 0 Å². The number of aryl methyl sites for hydroxylation is 1. The first-order valence-electron chi connectivity index (χ1n) is 6.21. The highest BCUT2D eigenvalue weighted by Crippen LogP contribution is 2.24. The van der Waals surface area contributed by atoms with Gasteiger partial charge >= 0.3 is 0 Å². The van der Waals surface area contributed by atoms with Crippen molar-refractivity contribution < 1.29 is 4.74 Å². The Balaban J connectivity index is 2.13. The second-order valence-electron chi connectivity index (χ2n) is 4.75. The Morgan fingerprint density at radius 1 is 1.32 bits per heavy atom. The highest BCUT2D eigenvalue weighted by atomic mass is 79.9. The van der Waals surface area contributed by atoms with E-state index in [1.807, 2.05) is 45.0 Å². The molecule has 0 aliphatic heterocycles. The molecule has 0 amide bonds. The van der Waals surface area contributed by atoms with Crippen molar-refractivity contribution in [3.05, 3.63) is 40.0 Å². The summed E-state index contributed by atoms with van der Waals surface area (Å²) in [6.45, 7) is 6.61. The summed E-state index contributed by atoms with van der Waals surface area (Å²) in [5.74, 6) is 1.53. The molecule has 2 rings (SSSR count). The molecule has 0 saturated heterocycles. The average molecular weight is 324 g/mol. The number of halogens is 1. The molecule has 0 bridgehead atoms. The summed E-state index contributed by atoms with van der Waals surface area (Å²) in [5, 5.41) is 4.39. The minimum absolute atomic E-state index is 0.186. The molecule has 0 fully saturated rings. The van der Waals surface area contributed by atoms with Crippen LogP contribution in [0.2, 0.25) is 0 Å². The van der Waals surface area contributed by atoms with Crippen LogP contribution in [0.1, 0.15) is 25.1 Å². The third-order valence-electron chi connectivity index (χ3n) is 2.72. The van der Waals surface area contributed by atoms with E-state index in [2.05, 4.69) is 21.0 Å². The van der Waals surface area contributed by atoms with Crippen molar-refractivity contribution in [3.63, 3.8) is 0 Å². The highest BCUT2D eigenvalue weighted by molar-refractivity contribution is 9.10. The molecule has 1 aromatic heterocycles. The van der Waals surface area contributed by atoms with Crippen LogP contribution in [-0.2, 0) is 6.54 Å². The third-order valence-corrected chi connectivity index (χ3v) is 3.70. The Bertz CT molecular complexity index is 561. The molecule has 19 heavy (non-hydrogen) atoms. The average Bonchev–Trinajstić information content (AvgIpc) is 2.59. The number of nitrogens with two attached hydrogens (primary N) is 1. The number of benzene rings is 1. The number of nitrogens with zero attached hydrogens (tertiary/aromatic N) is 2. The monoisotopic (exact) mass is 323 g/mol. The Kier molecular flexibility index (Phi) is 4.14. The van der Waals surface area contributed by atoms with Gasteiger partial charge in [0.2, 0.25) is 0 Å². The predicted octanol–water partition coefficient (Wildman–Crippen LogP) is 3.37. The van der Waals surface area contributed by atoms with Gasteiger partial charge in [0.1, 0.15) is 11.6 Å². The Morgan fingerprint density at radius 3 is 2.42 bits per heavy atom. The van der Waals surface area contributed by atoms with Crippen LogP contribution in [0, 0.1) is 6.92 Å². The second kappa shape index (κ2) is 5.65. The lowest BCUT2D eigenvalue weighted by Crippen LogP contribution is -2.07. The zero-order valence-corrected chi connectivity index (χ0v) is 12.9. The van der Waals surface area contributed by atoms with Crippen LogP contribution in [0.5, 0.6) is 5.75 Å². The van der Waals surface area contributed by atoms with Gasteiger partial charge in [-0.25, -0.2) is 4.68 Å². The van der Waals surface area contributed by atoms with E-state index in [0.717, 1.165) is 21.5 Å². The van der Waals surface area contributed by atoms with Crippen molar-refractivity contribution in [2.45, 2.75) is 33.4 Å². The molecule has 0 aliphatic rings. The van der Waals surface area contributed by atoms with Gasteiger partial charge in [-0.3, -0.25) is 0 Å². The van der Waals surface area contributed by atoms with Crippen LogP contribution in [0.3, 0.4) is 0 Å². The summed E-state index contributed by atoms with van der Waals surface area (Å²) in [7, 11) is 0. The molecule has 1 aromatic carbocycles. The van der Waals surface area contributed by atoms with Gasteiger partial charge < -0.3 is 10.5 Å². The summed E-state index contributed by atoms with van der Waals surface area (Å²) in [6.07, 6.45) is 0.186. The minimum Gasteiger partial charge on any atom is -0.491 e. The first kappa shape index (κ1) is 13.9. The molecule has 0 spiro atoms. The van der Waals surface area contributed by atoms with Crippen molar-refractivity contribution in [3.8, 4) is 5.75 Å². The van der Waals surface area contributed by atoms with E-state index in [1.165, 1.54) is 0 Å². The summed E-state index contributed by atoms with van der Waals surface area (Å²) in [5.41, 5.74) is 8.01.